The molecule has 0 fully saturated rings. The van der Waals surface area contributed by atoms with Crippen molar-refractivity contribution in [2.24, 2.45) is 0 Å². The van der Waals surface area contributed by atoms with Crippen LogP contribution in [0.15, 0.2) is 18.2 Å². The third kappa shape index (κ3) is 2.36. The molecule has 0 aliphatic rings. The van der Waals surface area contributed by atoms with Gasteiger partial charge in [0.1, 0.15) is 5.41 Å². The highest BCUT2D eigenvalue weighted by Gasteiger charge is 2.35. The van der Waals surface area contributed by atoms with Crippen molar-refractivity contribution in [3.63, 3.8) is 0 Å². The summed E-state index contributed by atoms with van der Waals surface area (Å²) >= 11 is 1.22. The molecule has 7 heteroatoms. The lowest BCUT2D eigenvalue weighted by molar-refractivity contribution is -0.384. The summed E-state index contributed by atoms with van der Waals surface area (Å²) in [5.74, 6) is -0.390. The smallest absolute Gasteiger partial charge is 0.317 e. The number of hydrogen-bond acceptors (Lipinski definition) is 6. The molecule has 0 unspecified atom stereocenters. The van der Waals surface area contributed by atoms with Crippen molar-refractivity contribution in [2.45, 2.75) is 26.2 Å². The molecule has 0 amide bonds. The molecule has 1 heterocycles. The predicted molar refractivity (Wildman–Crippen MR) is 75.9 cm³/mol. The number of non-ortho nitro benzene ring substituents is 1. The van der Waals surface area contributed by atoms with Gasteiger partial charge in [-0.2, -0.15) is 4.37 Å². The Bertz CT molecular complexity index is 678. The molecule has 0 aliphatic carbocycles. The van der Waals surface area contributed by atoms with Crippen LogP contribution in [-0.4, -0.2) is 21.9 Å². The lowest BCUT2D eigenvalue weighted by Crippen LogP contribution is -2.31. The molecule has 1 aromatic carbocycles. The number of benzene rings is 1. The number of ether oxygens (including phenoxy) is 1. The quantitative estimate of drug-likeness (QED) is 0.491. The number of rotatable bonds is 4. The summed E-state index contributed by atoms with van der Waals surface area (Å²) in [5.41, 5.74) is -0.443. The second-order valence-corrected chi connectivity index (χ2v) is 5.62. The second-order valence-electron chi connectivity index (χ2n) is 4.81. The van der Waals surface area contributed by atoms with Gasteiger partial charge in [0.05, 0.1) is 21.9 Å². The number of aromatic nitrogens is 1. The zero-order valence-corrected chi connectivity index (χ0v) is 12.2. The minimum atomic E-state index is -0.941. The molecular formula is C13H14N2O4S. The van der Waals surface area contributed by atoms with Gasteiger partial charge in [0.25, 0.3) is 5.69 Å². The van der Waals surface area contributed by atoms with Crippen LogP contribution < -0.4 is 0 Å². The summed E-state index contributed by atoms with van der Waals surface area (Å²) in [6.45, 7) is 5.43. The van der Waals surface area contributed by atoms with E-state index in [9.17, 15) is 14.9 Å². The van der Waals surface area contributed by atoms with E-state index in [0.717, 1.165) is 4.70 Å². The maximum Gasteiger partial charge on any atom is 0.317 e. The van der Waals surface area contributed by atoms with Crippen LogP contribution in [0.3, 0.4) is 0 Å². The topological polar surface area (TPSA) is 82.3 Å². The maximum absolute atomic E-state index is 12.0. The SMILES string of the molecule is CCOC(=O)C(C)(C)c1nsc2ccc([N+](=O)[O-])cc12. The van der Waals surface area contributed by atoms with E-state index in [4.69, 9.17) is 4.74 Å². The van der Waals surface area contributed by atoms with Gasteiger partial charge >= 0.3 is 5.97 Å². The van der Waals surface area contributed by atoms with Gasteiger partial charge in [0.15, 0.2) is 0 Å². The third-order valence-corrected chi connectivity index (χ3v) is 3.87. The highest BCUT2D eigenvalue weighted by molar-refractivity contribution is 7.13. The van der Waals surface area contributed by atoms with E-state index in [-0.39, 0.29) is 12.3 Å². The second kappa shape index (κ2) is 5.16. The largest absolute Gasteiger partial charge is 0.465 e. The highest BCUT2D eigenvalue weighted by Crippen LogP contribution is 2.34. The molecule has 0 atom stereocenters. The number of carbonyl (C=O) groups excluding carboxylic acids is 1. The van der Waals surface area contributed by atoms with Crippen molar-refractivity contribution < 1.29 is 14.5 Å². The average molecular weight is 294 g/mol. The van der Waals surface area contributed by atoms with Gasteiger partial charge in [0.2, 0.25) is 0 Å². The van der Waals surface area contributed by atoms with Gasteiger partial charge in [0, 0.05) is 17.5 Å². The molecule has 1 aromatic heterocycles. The molecule has 0 spiro atoms. The van der Waals surface area contributed by atoms with E-state index in [1.54, 1.807) is 26.8 Å². The van der Waals surface area contributed by atoms with Crippen molar-refractivity contribution in [3.05, 3.63) is 34.0 Å². The van der Waals surface area contributed by atoms with Gasteiger partial charge in [-0.05, 0) is 38.4 Å². The third-order valence-electron chi connectivity index (χ3n) is 3.04. The molecule has 106 valence electrons. The lowest BCUT2D eigenvalue weighted by atomic mass is 9.87. The molecule has 2 rings (SSSR count). The Hall–Kier alpha value is -2.02. The van der Waals surface area contributed by atoms with E-state index in [0.29, 0.717) is 11.1 Å². The average Bonchev–Trinajstić information content (AvgIpc) is 2.82. The van der Waals surface area contributed by atoms with Crippen molar-refractivity contribution in [1.82, 2.24) is 4.37 Å². The van der Waals surface area contributed by atoms with Crippen molar-refractivity contribution in [3.8, 4) is 0 Å². The predicted octanol–water partition coefficient (Wildman–Crippen LogP) is 3.05. The van der Waals surface area contributed by atoms with Gasteiger partial charge in [-0.25, -0.2) is 0 Å². The summed E-state index contributed by atoms with van der Waals surface area (Å²) in [6.07, 6.45) is 0. The Kier molecular flexibility index (Phi) is 3.71. The molecule has 0 N–H and O–H groups in total. The minimum Gasteiger partial charge on any atom is -0.465 e. The number of hydrogen-bond donors (Lipinski definition) is 0. The standard InChI is InChI=1S/C13H14N2O4S/c1-4-19-12(16)13(2,3)11-9-7-8(15(17)18)5-6-10(9)20-14-11/h5-7H,4H2,1-3H3. The number of nitro benzene ring substituents is 1. The Labute approximate surface area is 119 Å². The molecule has 0 aliphatic heterocycles. The molecule has 0 saturated carbocycles. The Morgan fingerprint density at radius 3 is 2.80 bits per heavy atom. The fraction of sp³-hybridized carbons (Fsp3) is 0.385. The first kappa shape index (κ1) is 14.4. The minimum absolute atomic E-state index is 0.0152. The molecule has 0 saturated heterocycles. The summed E-state index contributed by atoms with van der Waals surface area (Å²) in [4.78, 5) is 22.4. The molecule has 6 nitrogen and oxygen atoms in total. The maximum atomic E-state index is 12.0. The van der Waals surface area contributed by atoms with Crippen LogP contribution in [0.5, 0.6) is 0 Å². The van der Waals surface area contributed by atoms with Crippen molar-refractivity contribution in [1.29, 1.82) is 0 Å². The van der Waals surface area contributed by atoms with Crippen molar-refractivity contribution >= 4 is 33.3 Å². The monoisotopic (exact) mass is 294 g/mol. The summed E-state index contributed by atoms with van der Waals surface area (Å²) in [6, 6.07) is 4.53. The first-order valence-corrected chi connectivity index (χ1v) is 6.86. The van der Waals surface area contributed by atoms with Crippen LogP contribution in [0, 0.1) is 10.1 Å². The van der Waals surface area contributed by atoms with Crippen molar-refractivity contribution in [2.75, 3.05) is 6.61 Å². The molecular weight excluding hydrogens is 280 g/mol. The summed E-state index contributed by atoms with van der Waals surface area (Å²) < 4.78 is 10.1. The van der Waals surface area contributed by atoms with Gasteiger partial charge < -0.3 is 4.74 Å². The molecule has 2 aromatic rings. The van der Waals surface area contributed by atoms with E-state index in [1.807, 2.05) is 0 Å². The van der Waals surface area contributed by atoms with E-state index in [1.165, 1.54) is 23.7 Å². The Morgan fingerprint density at radius 1 is 1.50 bits per heavy atom. The fourth-order valence-corrected chi connectivity index (χ4v) is 2.80. The molecule has 0 radical (unpaired) electrons. The summed E-state index contributed by atoms with van der Waals surface area (Å²) in [5, 5.41) is 11.5. The number of fused-ring (bicyclic) bond motifs is 1. The zero-order valence-electron chi connectivity index (χ0n) is 11.4. The van der Waals surface area contributed by atoms with Crippen LogP contribution >= 0.6 is 11.5 Å². The Morgan fingerprint density at radius 2 is 2.20 bits per heavy atom. The van der Waals surface area contributed by atoms with Crippen LogP contribution in [0.2, 0.25) is 0 Å². The van der Waals surface area contributed by atoms with Crippen LogP contribution in [-0.2, 0) is 14.9 Å². The van der Waals surface area contributed by atoms with E-state index < -0.39 is 16.3 Å². The first-order chi connectivity index (χ1) is 9.37. The summed E-state index contributed by atoms with van der Waals surface area (Å²) in [7, 11) is 0. The number of nitro groups is 1. The normalized spacial score (nSPS) is 11.6. The lowest BCUT2D eigenvalue weighted by Gasteiger charge is -2.20. The highest BCUT2D eigenvalue weighted by atomic mass is 32.1. The van der Waals surface area contributed by atoms with Gasteiger partial charge in [-0.3, -0.25) is 14.9 Å². The number of nitrogens with zero attached hydrogens (tertiary/aromatic N) is 2. The van der Waals surface area contributed by atoms with E-state index >= 15 is 0 Å². The Balaban J connectivity index is 2.56. The fourth-order valence-electron chi connectivity index (χ4n) is 1.90. The molecule has 0 bridgehead atoms. The zero-order chi connectivity index (χ0) is 14.9. The number of carbonyl (C=O) groups is 1. The van der Waals surface area contributed by atoms with Crippen LogP contribution in [0.1, 0.15) is 26.5 Å². The van der Waals surface area contributed by atoms with E-state index in [2.05, 4.69) is 4.37 Å². The van der Waals surface area contributed by atoms with Crippen LogP contribution in [0.25, 0.3) is 10.1 Å². The van der Waals surface area contributed by atoms with Gasteiger partial charge in [-0.1, -0.05) is 0 Å². The number of esters is 1. The molecule has 20 heavy (non-hydrogen) atoms. The first-order valence-electron chi connectivity index (χ1n) is 6.09. The van der Waals surface area contributed by atoms with Gasteiger partial charge in [-0.15, -0.1) is 0 Å². The van der Waals surface area contributed by atoms with Crippen LogP contribution in [0.4, 0.5) is 5.69 Å².